The molecule has 0 saturated heterocycles. The maximum absolute atomic E-state index is 14.4. The number of halogens is 2. The molecule has 0 aromatic heterocycles. The zero-order chi connectivity index (χ0) is 42.2. The molecule has 2 aliphatic carbocycles. The number of hydrogen-bond acceptors (Lipinski definition) is 0. The summed E-state index contributed by atoms with van der Waals surface area (Å²) < 4.78 is 28.8. The molecule has 0 fully saturated rings. The van der Waals surface area contributed by atoms with Crippen molar-refractivity contribution in [2.45, 2.75) is 0 Å². The summed E-state index contributed by atoms with van der Waals surface area (Å²) in [6, 6.07) is 71.6. The molecule has 296 valence electrons. The molecule has 64 heavy (non-hydrogen) atoms. The van der Waals surface area contributed by atoms with Crippen molar-refractivity contribution in [3.05, 3.63) is 218 Å². The van der Waals surface area contributed by atoms with Crippen molar-refractivity contribution in [1.29, 1.82) is 0 Å². The van der Waals surface area contributed by atoms with Crippen LogP contribution >= 0.6 is 0 Å². The van der Waals surface area contributed by atoms with Gasteiger partial charge in [0.1, 0.15) is 11.6 Å². The van der Waals surface area contributed by atoms with Crippen molar-refractivity contribution in [3.8, 4) is 100 Å². The van der Waals surface area contributed by atoms with Crippen LogP contribution in [-0.4, -0.2) is 0 Å². The SMILES string of the molecule is Fc1ccc(-c2ccc(-c3ccccc3)c3c2-c2ccc4c5ccc6c7c(cc(-c8ccccc8)c(c8ccc-3c2c48)c75)-c2c(-c3ccccc3)ccc(-c3ccc(F)cc3)c2-6)cc1. The summed E-state index contributed by atoms with van der Waals surface area (Å²) in [4.78, 5) is 0. The molecule has 0 N–H and O–H groups in total. The Kier molecular flexibility index (Phi) is 7.28. The zero-order valence-corrected chi connectivity index (χ0v) is 34.4. The fourth-order valence-electron chi connectivity index (χ4n) is 11.4. The van der Waals surface area contributed by atoms with Gasteiger partial charge in [0.2, 0.25) is 0 Å². The van der Waals surface area contributed by atoms with Crippen molar-refractivity contribution in [2.75, 3.05) is 0 Å². The zero-order valence-electron chi connectivity index (χ0n) is 34.4. The van der Waals surface area contributed by atoms with E-state index in [0.29, 0.717) is 0 Å². The first-order chi connectivity index (χ1) is 31.6. The molecule has 0 unspecified atom stereocenters. The maximum atomic E-state index is 14.4. The van der Waals surface area contributed by atoms with Crippen molar-refractivity contribution in [1.82, 2.24) is 0 Å². The molecule has 0 amide bonds. The van der Waals surface area contributed by atoms with Gasteiger partial charge in [0.15, 0.2) is 0 Å². The van der Waals surface area contributed by atoms with Gasteiger partial charge in [0.25, 0.3) is 0 Å². The van der Waals surface area contributed by atoms with E-state index in [9.17, 15) is 8.78 Å². The molecule has 0 aliphatic heterocycles. The smallest absolute Gasteiger partial charge is 0.123 e. The topological polar surface area (TPSA) is 0 Å². The number of fused-ring (bicyclic) bond motifs is 8. The van der Waals surface area contributed by atoms with Gasteiger partial charge in [-0.2, -0.15) is 0 Å². The second-order valence-electron chi connectivity index (χ2n) is 17.3. The Morgan fingerprint density at radius 1 is 0.203 bits per heavy atom. The lowest BCUT2D eigenvalue weighted by Crippen LogP contribution is -1.92. The van der Waals surface area contributed by atoms with E-state index in [1.165, 1.54) is 104 Å². The second-order valence-corrected chi connectivity index (χ2v) is 17.3. The van der Waals surface area contributed by atoms with Crippen LogP contribution < -0.4 is 0 Å². The highest BCUT2D eigenvalue weighted by molar-refractivity contribution is 6.43. The van der Waals surface area contributed by atoms with Crippen LogP contribution in [-0.2, 0) is 0 Å². The monoisotopic (exact) mass is 816 g/mol. The van der Waals surface area contributed by atoms with E-state index >= 15 is 0 Å². The Hall–Kier alpha value is -8.20. The minimum absolute atomic E-state index is 0.244. The van der Waals surface area contributed by atoms with E-state index < -0.39 is 0 Å². The van der Waals surface area contributed by atoms with E-state index in [1.54, 1.807) is 24.3 Å². The van der Waals surface area contributed by atoms with E-state index in [2.05, 4.69) is 158 Å². The van der Waals surface area contributed by atoms with Crippen LogP contribution in [0.4, 0.5) is 8.78 Å². The predicted molar refractivity (Wildman–Crippen MR) is 264 cm³/mol. The average molecular weight is 817 g/mol. The third-order valence-electron chi connectivity index (χ3n) is 14.1. The predicted octanol–water partition coefficient (Wildman–Crippen LogP) is 17.6. The normalized spacial score (nSPS) is 12.2. The fourth-order valence-corrected chi connectivity index (χ4v) is 11.4. The molecular weight excluding hydrogens is 783 g/mol. The summed E-state index contributed by atoms with van der Waals surface area (Å²) in [7, 11) is 0. The van der Waals surface area contributed by atoms with Gasteiger partial charge in [-0.05, 0) is 174 Å². The van der Waals surface area contributed by atoms with Gasteiger partial charge in [-0.1, -0.05) is 176 Å². The van der Waals surface area contributed by atoms with Crippen LogP contribution in [0.15, 0.2) is 206 Å². The molecular formula is C62H34F2. The van der Waals surface area contributed by atoms with Gasteiger partial charge < -0.3 is 0 Å². The molecule has 0 radical (unpaired) electrons. The molecule has 12 aromatic carbocycles. The molecule has 0 saturated carbocycles. The molecule has 0 bridgehead atoms. The van der Waals surface area contributed by atoms with Crippen LogP contribution in [0.3, 0.4) is 0 Å². The quantitative estimate of drug-likeness (QED) is 0.120. The fraction of sp³-hybridized carbons (Fsp3) is 0. The van der Waals surface area contributed by atoms with Gasteiger partial charge in [-0.3, -0.25) is 0 Å². The standard InChI is InChI=1S/C62H34F2/c63-40-20-16-38(17-21-40)44-26-24-42(35-10-4-1-5-11-35)54-49-32-33-51-58-46(28-30-48(55(44)54)59(49)58)47-29-31-50-56-45(39-18-22-41(64)23-19-39)27-25-43(36-12-6-2-7-13-36)57(56)53-34-52(37-14-8-3-9-15-37)60(51)62(47)61(50)53/h1-34H. The minimum atomic E-state index is -0.246. The Bertz CT molecular complexity index is 3910. The van der Waals surface area contributed by atoms with Crippen molar-refractivity contribution in [2.24, 2.45) is 0 Å². The molecule has 0 atom stereocenters. The highest BCUT2D eigenvalue weighted by atomic mass is 19.1. The van der Waals surface area contributed by atoms with Gasteiger partial charge in [0, 0.05) is 0 Å². The van der Waals surface area contributed by atoms with Crippen molar-refractivity contribution in [3.63, 3.8) is 0 Å². The van der Waals surface area contributed by atoms with E-state index in [-0.39, 0.29) is 11.6 Å². The summed E-state index contributed by atoms with van der Waals surface area (Å²) in [5.74, 6) is -0.490. The molecule has 14 rings (SSSR count). The van der Waals surface area contributed by atoms with Crippen molar-refractivity contribution < 1.29 is 8.78 Å². The number of benzene rings is 12. The van der Waals surface area contributed by atoms with Crippen LogP contribution in [0.1, 0.15) is 0 Å². The molecule has 0 spiro atoms. The summed E-state index contributed by atoms with van der Waals surface area (Å²) in [6.07, 6.45) is 0. The molecule has 12 aromatic rings. The lowest BCUT2D eigenvalue weighted by Gasteiger charge is -2.20. The van der Waals surface area contributed by atoms with Crippen LogP contribution in [0, 0.1) is 11.6 Å². The Morgan fingerprint density at radius 2 is 0.531 bits per heavy atom. The Balaban J connectivity index is 1.14. The number of rotatable bonds is 5. The van der Waals surface area contributed by atoms with E-state index in [1.807, 2.05) is 24.3 Å². The first-order valence-electron chi connectivity index (χ1n) is 21.9. The summed E-state index contributed by atoms with van der Waals surface area (Å²) in [5, 5.41) is 9.94. The van der Waals surface area contributed by atoms with Crippen LogP contribution in [0.25, 0.3) is 143 Å². The summed E-state index contributed by atoms with van der Waals surface area (Å²) in [6.45, 7) is 0. The summed E-state index contributed by atoms with van der Waals surface area (Å²) in [5.41, 5.74) is 20.8. The van der Waals surface area contributed by atoms with Gasteiger partial charge in [-0.15, -0.1) is 0 Å². The molecule has 2 heteroatoms. The van der Waals surface area contributed by atoms with Gasteiger partial charge >= 0.3 is 0 Å². The van der Waals surface area contributed by atoms with Crippen LogP contribution in [0.2, 0.25) is 0 Å². The Labute approximate surface area is 368 Å². The highest BCUT2D eigenvalue weighted by Gasteiger charge is 2.34. The van der Waals surface area contributed by atoms with Crippen LogP contribution in [0.5, 0.6) is 0 Å². The summed E-state index contributed by atoms with van der Waals surface area (Å²) >= 11 is 0. The van der Waals surface area contributed by atoms with E-state index in [4.69, 9.17) is 0 Å². The van der Waals surface area contributed by atoms with Gasteiger partial charge in [0.05, 0.1) is 0 Å². The highest BCUT2D eigenvalue weighted by Crippen LogP contribution is 2.61. The lowest BCUT2D eigenvalue weighted by molar-refractivity contribution is 0.627. The third kappa shape index (κ3) is 4.80. The first-order valence-corrected chi connectivity index (χ1v) is 21.9. The van der Waals surface area contributed by atoms with Gasteiger partial charge in [-0.25, -0.2) is 8.78 Å². The van der Waals surface area contributed by atoms with Crippen molar-refractivity contribution >= 4 is 43.1 Å². The molecule has 0 nitrogen and oxygen atoms in total. The first kappa shape index (κ1) is 35.4. The molecule has 2 aliphatic rings. The maximum Gasteiger partial charge on any atom is 0.123 e. The second kappa shape index (κ2) is 13.2. The minimum Gasteiger partial charge on any atom is -0.207 e. The molecule has 0 heterocycles. The average Bonchev–Trinajstić information content (AvgIpc) is 3.88. The third-order valence-corrected chi connectivity index (χ3v) is 14.1. The van der Waals surface area contributed by atoms with E-state index in [0.717, 1.165) is 38.9 Å². The lowest BCUT2D eigenvalue weighted by atomic mass is 9.82. The number of hydrogen-bond donors (Lipinski definition) is 0. The Morgan fingerprint density at radius 3 is 0.969 bits per heavy atom. The largest absolute Gasteiger partial charge is 0.207 e.